The molecule has 1 spiro atoms. The van der Waals surface area contributed by atoms with Crippen molar-refractivity contribution in [2.24, 2.45) is 11.8 Å². The molecule has 0 radical (unpaired) electrons. The molecule has 4 aliphatic rings. The van der Waals surface area contributed by atoms with Gasteiger partial charge in [-0.05, 0) is 51.4 Å². The van der Waals surface area contributed by atoms with Crippen LogP contribution in [0.15, 0.2) is 0 Å². The third kappa shape index (κ3) is 4.29. The van der Waals surface area contributed by atoms with Crippen LogP contribution in [0.4, 0.5) is 0 Å². The van der Waals surface area contributed by atoms with Crippen molar-refractivity contribution in [2.45, 2.75) is 99.6 Å². The van der Waals surface area contributed by atoms with Gasteiger partial charge < -0.3 is 20.6 Å². The topological polar surface area (TPSA) is 98.7 Å². The second-order valence-electron chi connectivity index (χ2n) is 10.0. The van der Waals surface area contributed by atoms with E-state index in [0.29, 0.717) is 19.5 Å². The monoisotopic (exact) mass is 465 g/mol. The molecule has 4 fully saturated rings. The van der Waals surface area contributed by atoms with Crippen LogP contribution in [0, 0.1) is 11.8 Å². The average Bonchev–Trinajstić information content (AvgIpc) is 3.43. The van der Waals surface area contributed by atoms with Gasteiger partial charge in [-0.25, -0.2) is 0 Å². The molecule has 1 aliphatic carbocycles. The van der Waals surface area contributed by atoms with Crippen molar-refractivity contribution in [1.29, 1.82) is 0 Å². The Kier molecular flexibility index (Phi) is 7.70. The van der Waals surface area contributed by atoms with Crippen LogP contribution in [0.1, 0.15) is 77.6 Å². The summed E-state index contributed by atoms with van der Waals surface area (Å²) in [6, 6.07) is -0.291. The molecule has 8 heteroatoms. The van der Waals surface area contributed by atoms with Crippen LogP contribution in [-0.4, -0.2) is 69.5 Å². The van der Waals surface area contributed by atoms with Crippen LogP contribution in [-0.2, 0) is 14.4 Å². The van der Waals surface area contributed by atoms with Gasteiger partial charge in [0, 0.05) is 31.0 Å². The molecule has 0 aromatic heterocycles. The molecule has 3 amide bonds. The zero-order chi connectivity index (χ0) is 22.7. The summed E-state index contributed by atoms with van der Waals surface area (Å²) in [5, 5.41) is 15.6. The highest BCUT2D eigenvalue weighted by Gasteiger charge is 2.73. The van der Waals surface area contributed by atoms with Crippen molar-refractivity contribution in [3.05, 3.63) is 0 Å². The van der Waals surface area contributed by atoms with Crippen molar-refractivity contribution in [3.63, 3.8) is 0 Å². The Morgan fingerprint density at radius 1 is 1.12 bits per heavy atom. The number of hydrogen-bond acceptors (Lipinski definition) is 5. The van der Waals surface area contributed by atoms with E-state index in [2.05, 4.69) is 10.6 Å². The number of aliphatic hydroxyl groups excluding tert-OH is 1. The fourth-order valence-corrected chi connectivity index (χ4v) is 8.68. The van der Waals surface area contributed by atoms with Gasteiger partial charge in [-0.2, -0.15) is 0 Å². The van der Waals surface area contributed by atoms with Crippen molar-refractivity contribution in [3.8, 4) is 0 Å². The molecule has 7 nitrogen and oxygen atoms in total. The van der Waals surface area contributed by atoms with Crippen molar-refractivity contribution >= 4 is 29.5 Å². The number of nitrogens with zero attached hydrogens (tertiary/aromatic N) is 1. The molecular weight excluding hydrogens is 426 g/mol. The number of carbonyl (C=O) groups is 3. The maximum absolute atomic E-state index is 13.7. The number of aliphatic hydroxyl groups is 1. The molecule has 32 heavy (non-hydrogen) atoms. The van der Waals surface area contributed by atoms with Crippen molar-refractivity contribution in [2.75, 3.05) is 19.7 Å². The maximum Gasteiger partial charge on any atom is 0.244 e. The maximum atomic E-state index is 13.7. The highest BCUT2D eigenvalue weighted by atomic mass is 32.2. The molecule has 4 rings (SSSR count). The van der Waals surface area contributed by atoms with Crippen LogP contribution in [0.2, 0.25) is 0 Å². The molecule has 180 valence electrons. The Morgan fingerprint density at radius 2 is 1.91 bits per heavy atom. The zero-order valence-corrected chi connectivity index (χ0v) is 20.1. The Balaban J connectivity index is 1.57. The van der Waals surface area contributed by atoms with Gasteiger partial charge in [0.15, 0.2) is 0 Å². The van der Waals surface area contributed by atoms with Gasteiger partial charge in [-0.3, -0.25) is 14.4 Å². The standard InChI is InChI=1S/C24H39N3O4S/c1-2-13-25-21(29)18-17-11-12-24(32-17)19(18)23(31)27(14-7-4-8-15-28)20(24)22(30)26-16-9-5-3-6-10-16/h16-20,28H,2-15H2,1H3,(H,25,29)(H,26,30)/t17-,18+,19+,20?,24?/m1/s1. The second kappa shape index (κ2) is 10.3. The van der Waals surface area contributed by atoms with Gasteiger partial charge in [0.1, 0.15) is 6.04 Å². The number of carbonyl (C=O) groups excluding carboxylic acids is 3. The van der Waals surface area contributed by atoms with Crippen molar-refractivity contribution < 1.29 is 19.5 Å². The first-order chi connectivity index (χ1) is 15.5. The van der Waals surface area contributed by atoms with Gasteiger partial charge in [-0.1, -0.05) is 26.2 Å². The zero-order valence-electron chi connectivity index (χ0n) is 19.3. The molecule has 5 atom stereocenters. The van der Waals surface area contributed by atoms with E-state index in [1.807, 2.05) is 6.92 Å². The summed E-state index contributed by atoms with van der Waals surface area (Å²) in [4.78, 5) is 42.3. The number of amides is 3. The molecule has 3 saturated heterocycles. The Bertz CT molecular complexity index is 713. The summed E-state index contributed by atoms with van der Waals surface area (Å²) in [7, 11) is 0. The Hall–Kier alpha value is -1.28. The summed E-state index contributed by atoms with van der Waals surface area (Å²) in [6.07, 6.45) is 10.4. The van der Waals surface area contributed by atoms with E-state index in [0.717, 1.165) is 57.8 Å². The first kappa shape index (κ1) is 23.9. The molecule has 3 N–H and O–H groups in total. The number of thioether (sulfide) groups is 1. The molecule has 3 aliphatic heterocycles. The number of fused-ring (bicyclic) bond motifs is 1. The second-order valence-corrected chi connectivity index (χ2v) is 11.6. The van der Waals surface area contributed by atoms with Crippen LogP contribution >= 0.6 is 11.8 Å². The molecule has 2 bridgehead atoms. The molecule has 1 saturated carbocycles. The van der Waals surface area contributed by atoms with Gasteiger partial charge in [0.2, 0.25) is 17.7 Å². The lowest BCUT2D eigenvalue weighted by Crippen LogP contribution is -2.55. The van der Waals surface area contributed by atoms with Gasteiger partial charge in [-0.15, -0.1) is 11.8 Å². The van der Waals surface area contributed by atoms with E-state index in [-0.39, 0.29) is 41.5 Å². The molecule has 2 unspecified atom stereocenters. The minimum Gasteiger partial charge on any atom is -0.396 e. The van der Waals surface area contributed by atoms with Crippen LogP contribution in [0.25, 0.3) is 0 Å². The summed E-state index contributed by atoms with van der Waals surface area (Å²) in [6.45, 7) is 3.31. The quantitative estimate of drug-likeness (QED) is 0.430. The van der Waals surface area contributed by atoms with E-state index in [1.165, 1.54) is 6.42 Å². The number of hydrogen-bond donors (Lipinski definition) is 3. The number of rotatable bonds is 10. The van der Waals surface area contributed by atoms with Gasteiger partial charge in [0.25, 0.3) is 0 Å². The summed E-state index contributed by atoms with van der Waals surface area (Å²) in [5.74, 6) is -0.775. The normalized spacial score (nSPS) is 34.1. The average molecular weight is 466 g/mol. The highest BCUT2D eigenvalue weighted by Crippen LogP contribution is 2.66. The largest absolute Gasteiger partial charge is 0.396 e. The Morgan fingerprint density at radius 3 is 2.62 bits per heavy atom. The SMILES string of the molecule is CCCNC(=O)[C@@H]1[C@H]2C(=O)N(CCCCCO)C(C(=O)NC3CCCCC3)C23CC[C@H]1S3. The summed E-state index contributed by atoms with van der Waals surface area (Å²) in [5.41, 5.74) is 0. The third-order valence-electron chi connectivity index (χ3n) is 7.91. The van der Waals surface area contributed by atoms with E-state index in [9.17, 15) is 14.4 Å². The molecular formula is C24H39N3O4S. The first-order valence-electron chi connectivity index (χ1n) is 12.7. The predicted molar refractivity (Wildman–Crippen MR) is 125 cm³/mol. The number of likely N-dealkylation sites (tertiary alicyclic amines) is 1. The fourth-order valence-electron chi connectivity index (χ4n) is 6.46. The van der Waals surface area contributed by atoms with E-state index < -0.39 is 16.7 Å². The first-order valence-corrected chi connectivity index (χ1v) is 13.6. The van der Waals surface area contributed by atoms with Gasteiger partial charge in [0.05, 0.1) is 16.6 Å². The summed E-state index contributed by atoms with van der Waals surface area (Å²) < 4.78 is -0.480. The van der Waals surface area contributed by atoms with E-state index in [4.69, 9.17) is 5.11 Å². The van der Waals surface area contributed by atoms with Crippen LogP contribution in [0.3, 0.4) is 0 Å². The molecule has 0 aromatic rings. The van der Waals surface area contributed by atoms with Crippen molar-refractivity contribution in [1.82, 2.24) is 15.5 Å². The molecule has 3 heterocycles. The van der Waals surface area contributed by atoms with Crippen LogP contribution in [0.5, 0.6) is 0 Å². The Labute approximate surface area is 195 Å². The minimum atomic E-state index is -0.491. The third-order valence-corrected chi connectivity index (χ3v) is 9.86. The van der Waals surface area contributed by atoms with Gasteiger partial charge >= 0.3 is 0 Å². The summed E-state index contributed by atoms with van der Waals surface area (Å²) >= 11 is 1.74. The van der Waals surface area contributed by atoms with E-state index in [1.54, 1.807) is 16.7 Å². The molecule has 0 aromatic carbocycles. The lowest BCUT2D eigenvalue weighted by Gasteiger charge is -2.35. The van der Waals surface area contributed by atoms with Crippen LogP contribution < -0.4 is 10.6 Å². The fraction of sp³-hybridized carbons (Fsp3) is 0.875. The number of unbranched alkanes of at least 4 members (excludes halogenated alkanes) is 2. The van der Waals surface area contributed by atoms with E-state index >= 15 is 0 Å². The lowest BCUT2D eigenvalue weighted by atomic mass is 9.70. The smallest absolute Gasteiger partial charge is 0.244 e. The predicted octanol–water partition coefficient (Wildman–Crippen LogP) is 2.22. The lowest BCUT2D eigenvalue weighted by molar-refractivity contribution is -0.140. The number of nitrogens with one attached hydrogen (secondary N) is 2. The minimum absolute atomic E-state index is 0.0101. The highest BCUT2D eigenvalue weighted by molar-refractivity contribution is 8.02.